The molecule has 2 N–H and O–H groups in total. The molecule has 17 heavy (non-hydrogen) atoms. The van der Waals surface area contributed by atoms with E-state index < -0.39 is 9.84 Å². The van der Waals surface area contributed by atoms with Crippen LogP contribution in [0.15, 0.2) is 23.1 Å². The van der Waals surface area contributed by atoms with Gasteiger partial charge in [-0.3, -0.25) is 4.79 Å². The van der Waals surface area contributed by atoms with Crippen molar-refractivity contribution in [3.05, 3.63) is 28.7 Å². The summed E-state index contributed by atoms with van der Waals surface area (Å²) in [5.74, 6) is 1.41. The zero-order valence-corrected chi connectivity index (χ0v) is 11.3. The van der Waals surface area contributed by atoms with E-state index in [0.29, 0.717) is 23.7 Å². The van der Waals surface area contributed by atoms with Crippen molar-refractivity contribution in [2.24, 2.45) is 0 Å². The topological polar surface area (TPSA) is 82.2 Å². The lowest BCUT2D eigenvalue weighted by molar-refractivity contribution is 0.603. The van der Waals surface area contributed by atoms with Gasteiger partial charge in [0.05, 0.1) is 5.75 Å². The number of anilines is 1. The number of aryl methyl sites for hydroxylation is 1. The minimum Gasteiger partial charge on any atom is -0.398 e. The summed E-state index contributed by atoms with van der Waals surface area (Å²) in [6.45, 7) is 0.540. The van der Waals surface area contributed by atoms with Crippen LogP contribution in [0.1, 0.15) is 0 Å². The third-order valence-electron chi connectivity index (χ3n) is 2.08. The molecule has 1 heterocycles. The molecular weight excluding hydrogens is 260 g/mol. The predicted molar refractivity (Wildman–Crippen MR) is 72.2 cm³/mol. The summed E-state index contributed by atoms with van der Waals surface area (Å²) >= 11 is 1.51. The molecule has 0 fully saturated rings. The minimum atomic E-state index is -2.89. The first-order valence-electron chi connectivity index (χ1n) is 5.10. The number of nitrogens with zero attached hydrogens (tertiary/aromatic N) is 1. The molecular formula is C10H16N2O3S2. The molecule has 1 rings (SSSR count). The lowest BCUT2D eigenvalue weighted by Crippen LogP contribution is -2.20. The van der Waals surface area contributed by atoms with Crippen LogP contribution in [-0.2, 0) is 16.4 Å². The van der Waals surface area contributed by atoms with Crippen molar-refractivity contribution in [3.63, 3.8) is 0 Å². The zero-order valence-electron chi connectivity index (χ0n) is 9.63. The van der Waals surface area contributed by atoms with Crippen LogP contribution in [0.5, 0.6) is 0 Å². The Hall–Kier alpha value is -0.950. The summed E-state index contributed by atoms with van der Waals surface area (Å²) in [7, 11) is -2.89. The Kier molecular flexibility index (Phi) is 5.07. The van der Waals surface area contributed by atoms with Crippen LogP contribution in [0.3, 0.4) is 0 Å². The van der Waals surface area contributed by atoms with Crippen LogP contribution in [0, 0.1) is 0 Å². The molecule has 1 aromatic rings. The van der Waals surface area contributed by atoms with Gasteiger partial charge >= 0.3 is 0 Å². The van der Waals surface area contributed by atoms with Crippen molar-refractivity contribution in [2.45, 2.75) is 6.54 Å². The van der Waals surface area contributed by atoms with E-state index in [4.69, 9.17) is 5.73 Å². The van der Waals surface area contributed by atoms with Gasteiger partial charge in [-0.2, -0.15) is 11.8 Å². The number of pyridine rings is 1. The molecule has 0 radical (unpaired) electrons. The van der Waals surface area contributed by atoms with Gasteiger partial charge < -0.3 is 10.3 Å². The molecule has 0 aliphatic carbocycles. The first kappa shape index (κ1) is 14.1. The van der Waals surface area contributed by atoms with Crippen molar-refractivity contribution < 1.29 is 8.42 Å². The average molecular weight is 276 g/mol. The highest BCUT2D eigenvalue weighted by Crippen LogP contribution is 2.03. The Morgan fingerprint density at radius 1 is 1.35 bits per heavy atom. The molecule has 0 unspecified atom stereocenters. The fourth-order valence-electron chi connectivity index (χ4n) is 1.20. The molecule has 0 bridgehead atoms. The summed E-state index contributed by atoms with van der Waals surface area (Å²) in [4.78, 5) is 11.4. The molecule has 0 aliphatic heterocycles. The third-order valence-corrected chi connectivity index (χ3v) is 4.25. The van der Waals surface area contributed by atoms with Gasteiger partial charge in [0.15, 0.2) is 0 Å². The molecule has 0 saturated carbocycles. The Labute approximate surface area is 105 Å². The Bertz CT molecular complexity index is 523. The van der Waals surface area contributed by atoms with Crippen molar-refractivity contribution in [3.8, 4) is 0 Å². The molecule has 0 aliphatic rings. The fourth-order valence-corrected chi connectivity index (χ4v) is 3.41. The quantitative estimate of drug-likeness (QED) is 0.751. The van der Waals surface area contributed by atoms with Crippen LogP contribution < -0.4 is 11.3 Å². The lowest BCUT2D eigenvalue weighted by atomic mass is 10.4. The molecule has 0 spiro atoms. The largest absolute Gasteiger partial charge is 0.398 e. The van der Waals surface area contributed by atoms with E-state index in [1.807, 2.05) is 0 Å². The molecule has 0 saturated heterocycles. The number of sulfone groups is 1. The molecule has 0 atom stereocenters. The van der Waals surface area contributed by atoms with Crippen LogP contribution in [0.4, 0.5) is 5.69 Å². The maximum atomic E-state index is 11.4. The minimum absolute atomic E-state index is 0.0945. The first-order valence-corrected chi connectivity index (χ1v) is 8.31. The average Bonchev–Trinajstić information content (AvgIpc) is 2.21. The smallest absolute Gasteiger partial charge is 0.250 e. The lowest BCUT2D eigenvalue weighted by Gasteiger charge is -2.05. The van der Waals surface area contributed by atoms with Gasteiger partial charge in [-0.1, -0.05) is 0 Å². The van der Waals surface area contributed by atoms with Crippen LogP contribution in [0.2, 0.25) is 0 Å². The molecule has 5 nitrogen and oxygen atoms in total. The van der Waals surface area contributed by atoms with E-state index in [2.05, 4.69) is 0 Å². The second-order valence-electron chi connectivity index (χ2n) is 3.74. The summed E-state index contributed by atoms with van der Waals surface area (Å²) in [6, 6.07) is 2.99. The third kappa shape index (κ3) is 5.78. The van der Waals surface area contributed by atoms with E-state index >= 15 is 0 Å². The number of thioether (sulfide) groups is 1. The summed E-state index contributed by atoms with van der Waals surface area (Å²) in [5.41, 5.74) is 6.02. The van der Waals surface area contributed by atoms with E-state index in [1.165, 1.54) is 28.7 Å². The van der Waals surface area contributed by atoms with E-state index in [0.717, 1.165) is 0 Å². The Balaban J connectivity index is 2.36. The van der Waals surface area contributed by atoms with Crippen LogP contribution >= 0.6 is 11.8 Å². The van der Waals surface area contributed by atoms with Gasteiger partial charge in [-0.05, 0) is 6.07 Å². The molecule has 96 valence electrons. The van der Waals surface area contributed by atoms with Gasteiger partial charge in [0.2, 0.25) is 0 Å². The maximum absolute atomic E-state index is 11.4. The highest BCUT2D eigenvalue weighted by molar-refractivity contribution is 8.00. The van der Waals surface area contributed by atoms with E-state index in [9.17, 15) is 13.2 Å². The Morgan fingerprint density at radius 3 is 2.71 bits per heavy atom. The number of hydrogen-bond donors (Lipinski definition) is 1. The van der Waals surface area contributed by atoms with Crippen molar-refractivity contribution in [1.82, 2.24) is 4.57 Å². The van der Waals surface area contributed by atoms with Crippen molar-refractivity contribution in [1.29, 1.82) is 0 Å². The monoisotopic (exact) mass is 276 g/mol. The molecule has 1 aromatic heterocycles. The summed E-state index contributed by atoms with van der Waals surface area (Å²) in [6.07, 6.45) is 2.81. The number of nitrogen functional groups attached to an aromatic ring is 1. The van der Waals surface area contributed by atoms with E-state index in [1.54, 1.807) is 12.3 Å². The fraction of sp³-hybridized carbons (Fsp3) is 0.500. The predicted octanol–water partition coefficient (Wildman–Crippen LogP) is 0.208. The number of nitrogens with two attached hydrogens (primary N) is 1. The summed E-state index contributed by atoms with van der Waals surface area (Å²) < 4.78 is 23.3. The second kappa shape index (κ2) is 6.11. The van der Waals surface area contributed by atoms with Crippen LogP contribution in [-0.4, -0.2) is 36.5 Å². The van der Waals surface area contributed by atoms with Gasteiger partial charge in [0, 0.05) is 42.3 Å². The van der Waals surface area contributed by atoms with Crippen molar-refractivity contribution >= 4 is 27.3 Å². The zero-order chi connectivity index (χ0) is 12.9. The first-order chi connectivity index (χ1) is 7.88. The van der Waals surface area contributed by atoms with Crippen molar-refractivity contribution in [2.75, 3.05) is 29.2 Å². The number of aromatic nitrogens is 1. The van der Waals surface area contributed by atoms with E-state index in [-0.39, 0.29) is 11.3 Å². The highest BCUT2D eigenvalue weighted by atomic mass is 32.2. The molecule has 0 aromatic carbocycles. The van der Waals surface area contributed by atoms with Gasteiger partial charge in [0.1, 0.15) is 9.84 Å². The van der Waals surface area contributed by atoms with Crippen LogP contribution in [0.25, 0.3) is 0 Å². The summed E-state index contributed by atoms with van der Waals surface area (Å²) in [5, 5.41) is 0. The second-order valence-corrected chi connectivity index (χ2v) is 7.22. The number of rotatable bonds is 6. The Morgan fingerprint density at radius 2 is 2.06 bits per heavy atom. The maximum Gasteiger partial charge on any atom is 0.250 e. The van der Waals surface area contributed by atoms with Gasteiger partial charge in [-0.25, -0.2) is 8.42 Å². The van der Waals surface area contributed by atoms with Gasteiger partial charge in [-0.15, -0.1) is 0 Å². The molecule has 7 heteroatoms. The SMILES string of the molecule is CS(=O)(=O)CCSCCn1cc(N)ccc1=O. The normalized spacial score (nSPS) is 11.6. The highest BCUT2D eigenvalue weighted by Gasteiger charge is 2.02. The molecule has 0 amide bonds. The van der Waals surface area contributed by atoms with Gasteiger partial charge in [0.25, 0.3) is 5.56 Å². The number of hydrogen-bond acceptors (Lipinski definition) is 5. The standard InChI is InChI=1S/C10H16N2O3S2/c1-17(14,15)7-6-16-5-4-12-8-9(11)2-3-10(12)13/h2-3,8H,4-7,11H2,1H3.